The molecule has 0 saturated carbocycles. The highest BCUT2D eigenvalue weighted by Gasteiger charge is 2.25. The lowest BCUT2D eigenvalue weighted by molar-refractivity contribution is 0.0781. The Labute approximate surface area is 147 Å². The van der Waals surface area contributed by atoms with E-state index in [0.717, 1.165) is 50.8 Å². The van der Waals surface area contributed by atoms with Gasteiger partial charge in [0.05, 0.1) is 5.69 Å². The van der Waals surface area contributed by atoms with E-state index in [0.29, 0.717) is 11.6 Å². The zero-order chi connectivity index (χ0) is 17.5. The minimum Gasteiger partial charge on any atom is -0.337 e. The fourth-order valence-electron chi connectivity index (χ4n) is 3.42. The summed E-state index contributed by atoms with van der Waals surface area (Å²) in [6.45, 7) is 13.4. The van der Waals surface area contributed by atoms with Crippen LogP contribution in [0.3, 0.4) is 0 Å². The van der Waals surface area contributed by atoms with Crippen molar-refractivity contribution in [1.82, 2.24) is 14.8 Å². The topological polar surface area (TPSA) is 36.4 Å². The molecule has 0 aromatic carbocycles. The smallest absolute Gasteiger partial charge is 0.272 e. The van der Waals surface area contributed by atoms with Gasteiger partial charge in [0, 0.05) is 19.6 Å². The first-order chi connectivity index (χ1) is 11.6. The number of carbonyl (C=O) groups excluding carboxylic acids is 1. The standard InChI is InChI=1S/C18H27N3O.C2H6/c1-14-6-9-20(10-7-14)13-16-4-3-5-17(19-16)18(22)21-11-8-15(2)12-21;1-2/h3-5,14-15H,6-13H2,1-2H3;1-2H3. The van der Waals surface area contributed by atoms with Crippen LogP contribution in [0.2, 0.25) is 0 Å². The number of hydrogen-bond donors (Lipinski definition) is 0. The molecule has 0 bridgehead atoms. The molecule has 0 radical (unpaired) electrons. The lowest BCUT2D eigenvalue weighted by Crippen LogP contribution is -2.33. The van der Waals surface area contributed by atoms with Gasteiger partial charge in [-0.15, -0.1) is 0 Å². The minimum absolute atomic E-state index is 0.0958. The molecule has 2 fully saturated rings. The van der Waals surface area contributed by atoms with E-state index < -0.39 is 0 Å². The zero-order valence-corrected chi connectivity index (χ0v) is 15.8. The van der Waals surface area contributed by atoms with Gasteiger partial charge in [-0.1, -0.05) is 33.8 Å². The van der Waals surface area contributed by atoms with Crippen LogP contribution in [0.5, 0.6) is 0 Å². The van der Waals surface area contributed by atoms with Gasteiger partial charge in [0.1, 0.15) is 5.69 Å². The van der Waals surface area contributed by atoms with Crippen LogP contribution in [0, 0.1) is 11.8 Å². The SMILES string of the molecule is CC.CC1CCN(Cc2cccc(C(=O)N3CCC(C)C3)n2)CC1. The second kappa shape index (κ2) is 9.16. The summed E-state index contributed by atoms with van der Waals surface area (Å²) in [5, 5.41) is 0. The summed E-state index contributed by atoms with van der Waals surface area (Å²) in [4.78, 5) is 21.5. The van der Waals surface area contributed by atoms with Crippen molar-refractivity contribution in [3.63, 3.8) is 0 Å². The molecule has 1 atom stereocenters. The molecule has 134 valence electrons. The van der Waals surface area contributed by atoms with Crippen LogP contribution in [0.25, 0.3) is 0 Å². The average Bonchev–Trinajstić information content (AvgIpc) is 3.05. The Morgan fingerprint density at radius 3 is 2.38 bits per heavy atom. The van der Waals surface area contributed by atoms with Crippen LogP contribution in [-0.4, -0.2) is 46.9 Å². The molecule has 1 amide bonds. The van der Waals surface area contributed by atoms with Crippen molar-refractivity contribution in [1.29, 1.82) is 0 Å². The number of rotatable bonds is 3. The number of nitrogens with zero attached hydrogens (tertiary/aromatic N) is 3. The van der Waals surface area contributed by atoms with Crippen molar-refractivity contribution in [3.05, 3.63) is 29.6 Å². The Morgan fingerprint density at radius 2 is 1.75 bits per heavy atom. The van der Waals surface area contributed by atoms with E-state index in [-0.39, 0.29) is 5.91 Å². The van der Waals surface area contributed by atoms with Crippen LogP contribution in [-0.2, 0) is 6.54 Å². The Bertz CT molecular complexity index is 523. The molecule has 1 unspecified atom stereocenters. The first-order valence-corrected chi connectivity index (χ1v) is 9.59. The van der Waals surface area contributed by atoms with Crippen molar-refractivity contribution in [3.8, 4) is 0 Å². The van der Waals surface area contributed by atoms with Crippen LogP contribution < -0.4 is 0 Å². The Morgan fingerprint density at radius 1 is 1.08 bits per heavy atom. The van der Waals surface area contributed by atoms with Gasteiger partial charge in [-0.2, -0.15) is 0 Å². The fraction of sp³-hybridized carbons (Fsp3) is 0.700. The minimum atomic E-state index is 0.0958. The normalized spacial score (nSPS) is 22.2. The van der Waals surface area contributed by atoms with Gasteiger partial charge in [0.25, 0.3) is 5.91 Å². The van der Waals surface area contributed by atoms with Crippen molar-refractivity contribution >= 4 is 5.91 Å². The third kappa shape index (κ3) is 5.04. The molecule has 0 aliphatic carbocycles. The largest absolute Gasteiger partial charge is 0.337 e. The number of hydrogen-bond acceptors (Lipinski definition) is 3. The van der Waals surface area contributed by atoms with Gasteiger partial charge in [-0.05, 0) is 56.3 Å². The molecule has 2 aliphatic rings. The highest BCUT2D eigenvalue weighted by molar-refractivity contribution is 5.92. The molecule has 4 heteroatoms. The van der Waals surface area contributed by atoms with E-state index in [1.807, 2.05) is 36.9 Å². The molecule has 2 saturated heterocycles. The third-order valence-electron chi connectivity index (χ3n) is 5.00. The first kappa shape index (κ1) is 18.9. The van der Waals surface area contributed by atoms with E-state index in [1.54, 1.807) is 0 Å². The molecular formula is C20H33N3O. The maximum Gasteiger partial charge on any atom is 0.272 e. The van der Waals surface area contributed by atoms with E-state index in [9.17, 15) is 4.79 Å². The van der Waals surface area contributed by atoms with Gasteiger partial charge in [-0.3, -0.25) is 9.69 Å². The summed E-state index contributed by atoms with van der Waals surface area (Å²) in [5.41, 5.74) is 1.63. The third-order valence-corrected chi connectivity index (χ3v) is 5.00. The number of aromatic nitrogens is 1. The summed E-state index contributed by atoms with van der Waals surface area (Å²) in [5.74, 6) is 1.55. The highest BCUT2D eigenvalue weighted by atomic mass is 16.2. The Balaban J connectivity index is 0.00000100. The molecule has 3 heterocycles. The molecule has 4 nitrogen and oxygen atoms in total. The second-order valence-corrected chi connectivity index (χ2v) is 7.12. The van der Waals surface area contributed by atoms with E-state index in [2.05, 4.69) is 23.7 Å². The molecule has 2 aliphatic heterocycles. The quantitative estimate of drug-likeness (QED) is 0.845. The van der Waals surface area contributed by atoms with Crippen LogP contribution in [0.4, 0.5) is 0 Å². The predicted octanol–water partition coefficient (Wildman–Crippen LogP) is 3.82. The zero-order valence-electron chi connectivity index (χ0n) is 15.8. The Kier molecular flexibility index (Phi) is 7.22. The lowest BCUT2D eigenvalue weighted by atomic mass is 9.99. The van der Waals surface area contributed by atoms with E-state index in [4.69, 9.17) is 0 Å². The number of likely N-dealkylation sites (tertiary alicyclic amines) is 2. The van der Waals surface area contributed by atoms with Crippen molar-refractivity contribution in [2.45, 2.75) is 53.5 Å². The monoisotopic (exact) mass is 331 g/mol. The summed E-state index contributed by atoms with van der Waals surface area (Å²) in [6.07, 6.45) is 3.64. The van der Waals surface area contributed by atoms with Crippen LogP contribution in [0.1, 0.15) is 63.1 Å². The molecule has 0 spiro atoms. The van der Waals surface area contributed by atoms with E-state index in [1.165, 1.54) is 12.8 Å². The fourth-order valence-corrected chi connectivity index (χ4v) is 3.42. The number of carbonyl (C=O) groups is 1. The van der Waals surface area contributed by atoms with Crippen LogP contribution >= 0.6 is 0 Å². The van der Waals surface area contributed by atoms with Crippen molar-refractivity contribution < 1.29 is 4.79 Å². The first-order valence-electron chi connectivity index (χ1n) is 9.59. The number of pyridine rings is 1. The van der Waals surface area contributed by atoms with Gasteiger partial charge in [0.15, 0.2) is 0 Å². The second-order valence-electron chi connectivity index (χ2n) is 7.12. The molecule has 1 aromatic rings. The highest BCUT2D eigenvalue weighted by Crippen LogP contribution is 2.19. The predicted molar refractivity (Wildman–Crippen MR) is 98.9 cm³/mol. The molecule has 1 aromatic heterocycles. The van der Waals surface area contributed by atoms with Crippen molar-refractivity contribution in [2.75, 3.05) is 26.2 Å². The van der Waals surface area contributed by atoms with E-state index >= 15 is 0 Å². The maximum atomic E-state index is 12.5. The van der Waals surface area contributed by atoms with Gasteiger partial charge >= 0.3 is 0 Å². The average molecular weight is 332 g/mol. The van der Waals surface area contributed by atoms with Gasteiger partial charge in [0.2, 0.25) is 0 Å². The lowest BCUT2D eigenvalue weighted by Gasteiger charge is -2.29. The maximum absolute atomic E-state index is 12.5. The van der Waals surface area contributed by atoms with Crippen molar-refractivity contribution in [2.24, 2.45) is 11.8 Å². The van der Waals surface area contributed by atoms with Gasteiger partial charge < -0.3 is 4.90 Å². The summed E-state index contributed by atoms with van der Waals surface area (Å²) in [6, 6.07) is 5.87. The summed E-state index contributed by atoms with van der Waals surface area (Å²) >= 11 is 0. The molecule has 24 heavy (non-hydrogen) atoms. The van der Waals surface area contributed by atoms with Gasteiger partial charge in [-0.25, -0.2) is 4.98 Å². The Hall–Kier alpha value is -1.42. The summed E-state index contributed by atoms with van der Waals surface area (Å²) < 4.78 is 0. The molecule has 3 rings (SSSR count). The number of amides is 1. The molecular weight excluding hydrogens is 298 g/mol. The van der Waals surface area contributed by atoms with Crippen LogP contribution in [0.15, 0.2) is 18.2 Å². The summed E-state index contributed by atoms with van der Waals surface area (Å²) in [7, 11) is 0. The molecule has 0 N–H and O–H groups in total. The number of piperidine rings is 1.